The predicted molar refractivity (Wildman–Crippen MR) is 90.3 cm³/mol. The number of para-hydroxylation sites is 1. The number of likely N-dealkylation sites (tertiary alicyclic amines) is 1. The zero-order valence-corrected chi connectivity index (χ0v) is 13.8. The SMILES string of the molecule is Brc1csc(CNc2ccccc2CN2CCCC2)c1. The van der Waals surface area contributed by atoms with Crippen LogP contribution in [0.25, 0.3) is 0 Å². The van der Waals surface area contributed by atoms with Crippen LogP contribution in [0.1, 0.15) is 23.3 Å². The molecular formula is C16H19BrN2S. The largest absolute Gasteiger partial charge is 0.380 e. The lowest BCUT2D eigenvalue weighted by molar-refractivity contribution is 0.332. The van der Waals surface area contributed by atoms with Gasteiger partial charge >= 0.3 is 0 Å². The maximum absolute atomic E-state index is 3.58. The molecule has 1 N–H and O–H groups in total. The Morgan fingerprint density at radius 1 is 1.20 bits per heavy atom. The summed E-state index contributed by atoms with van der Waals surface area (Å²) in [6, 6.07) is 10.9. The highest BCUT2D eigenvalue weighted by Crippen LogP contribution is 2.23. The Morgan fingerprint density at radius 2 is 2.00 bits per heavy atom. The van der Waals surface area contributed by atoms with Crippen LogP contribution >= 0.6 is 27.3 Å². The Kier molecular flexibility index (Phi) is 4.76. The topological polar surface area (TPSA) is 15.3 Å². The van der Waals surface area contributed by atoms with Crippen molar-refractivity contribution in [1.82, 2.24) is 4.90 Å². The molecule has 106 valence electrons. The molecule has 20 heavy (non-hydrogen) atoms. The lowest BCUT2D eigenvalue weighted by Gasteiger charge is -2.18. The minimum absolute atomic E-state index is 0.896. The molecule has 2 aromatic rings. The average Bonchev–Trinajstić information content (AvgIpc) is 3.10. The number of thiophene rings is 1. The van der Waals surface area contributed by atoms with E-state index < -0.39 is 0 Å². The van der Waals surface area contributed by atoms with Gasteiger partial charge in [0.2, 0.25) is 0 Å². The first-order chi connectivity index (χ1) is 9.81. The summed E-state index contributed by atoms with van der Waals surface area (Å²) in [4.78, 5) is 3.90. The molecule has 1 aromatic heterocycles. The summed E-state index contributed by atoms with van der Waals surface area (Å²) in [6.07, 6.45) is 2.69. The molecule has 1 aliphatic heterocycles. The lowest BCUT2D eigenvalue weighted by Crippen LogP contribution is -2.19. The van der Waals surface area contributed by atoms with Gasteiger partial charge in [-0.25, -0.2) is 0 Å². The van der Waals surface area contributed by atoms with Crippen molar-refractivity contribution in [3.63, 3.8) is 0 Å². The summed E-state index contributed by atoms with van der Waals surface area (Å²) in [5.41, 5.74) is 2.67. The van der Waals surface area contributed by atoms with Crippen molar-refractivity contribution in [2.75, 3.05) is 18.4 Å². The highest BCUT2D eigenvalue weighted by molar-refractivity contribution is 9.10. The molecule has 2 heterocycles. The van der Waals surface area contributed by atoms with Crippen LogP contribution in [0.2, 0.25) is 0 Å². The van der Waals surface area contributed by atoms with E-state index in [1.165, 1.54) is 46.5 Å². The highest BCUT2D eigenvalue weighted by Gasteiger charge is 2.13. The first-order valence-electron chi connectivity index (χ1n) is 7.08. The van der Waals surface area contributed by atoms with Crippen molar-refractivity contribution in [3.8, 4) is 0 Å². The maximum atomic E-state index is 3.58. The van der Waals surface area contributed by atoms with Gasteiger partial charge in [-0.15, -0.1) is 11.3 Å². The van der Waals surface area contributed by atoms with Gasteiger partial charge in [0.05, 0.1) is 0 Å². The number of halogens is 1. The molecule has 0 radical (unpaired) electrons. The predicted octanol–water partition coefficient (Wildman–Crippen LogP) is 4.72. The van der Waals surface area contributed by atoms with E-state index in [4.69, 9.17) is 0 Å². The molecule has 1 aliphatic rings. The Labute approximate surface area is 132 Å². The number of nitrogens with zero attached hydrogens (tertiary/aromatic N) is 1. The van der Waals surface area contributed by atoms with Crippen LogP contribution in [0, 0.1) is 0 Å². The van der Waals surface area contributed by atoms with E-state index in [0.717, 1.165) is 13.1 Å². The summed E-state index contributed by atoms with van der Waals surface area (Å²) in [7, 11) is 0. The van der Waals surface area contributed by atoms with Gasteiger partial charge in [-0.05, 0) is 59.6 Å². The van der Waals surface area contributed by atoms with E-state index in [1.807, 2.05) is 0 Å². The van der Waals surface area contributed by atoms with Gasteiger partial charge in [-0.2, -0.15) is 0 Å². The number of anilines is 1. The van der Waals surface area contributed by atoms with E-state index in [9.17, 15) is 0 Å². The average molecular weight is 351 g/mol. The lowest BCUT2D eigenvalue weighted by atomic mass is 10.1. The fourth-order valence-corrected chi connectivity index (χ4v) is 4.03. The van der Waals surface area contributed by atoms with E-state index >= 15 is 0 Å². The van der Waals surface area contributed by atoms with Gasteiger partial charge in [0.25, 0.3) is 0 Å². The third-order valence-corrected chi connectivity index (χ3v) is 5.38. The molecule has 3 rings (SSSR count). The van der Waals surface area contributed by atoms with E-state index in [-0.39, 0.29) is 0 Å². The molecule has 1 aromatic carbocycles. The molecule has 4 heteroatoms. The number of hydrogen-bond donors (Lipinski definition) is 1. The van der Waals surface area contributed by atoms with Crippen molar-refractivity contribution >= 4 is 33.0 Å². The van der Waals surface area contributed by atoms with Gasteiger partial charge in [0.1, 0.15) is 0 Å². The molecule has 2 nitrogen and oxygen atoms in total. The third kappa shape index (κ3) is 3.62. The molecular weight excluding hydrogens is 332 g/mol. The minimum atomic E-state index is 0.896. The van der Waals surface area contributed by atoms with Crippen molar-refractivity contribution in [2.45, 2.75) is 25.9 Å². The van der Waals surface area contributed by atoms with Crippen LogP contribution in [0.5, 0.6) is 0 Å². The number of benzene rings is 1. The molecule has 0 aliphatic carbocycles. The van der Waals surface area contributed by atoms with Gasteiger partial charge in [-0.3, -0.25) is 4.90 Å². The zero-order valence-electron chi connectivity index (χ0n) is 11.4. The van der Waals surface area contributed by atoms with E-state index in [0.29, 0.717) is 0 Å². The summed E-state index contributed by atoms with van der Waals surface area (Å²) in [5, 5.41) is 5.71. The fourth-order valence-electron chi connectivity index (χ4n) is 2.64. The minimum Gasteiger partial charge on any atom is -0.380 e. The second-order valence-corrected chi connectivity index (χ2v) is 7.14. The maximum Gasteiger partial charge on any atom is 0.0494 e. The third-order valence-electron chi connectivity index (χ3n) is 3.68. The van der Waals surface area contributed by atoms with Crippen LogP contribution in [0.15, 0.2) is 40.2 Å². The molecule has 0 atom stereocenters. The van der Waals surface area contributed by atoms with E-state index in [2.05, 4.69) is 61.9 Å². The Bertz CT molecular complexity index is 561. The van der Waals surface area contributed by atoms with E-state index in [1.54, 1.807) is 11.3 Å². The smallest absolute Gasteiger partial charge is 0.0494 e. The first kappa shape index (κ1) is 14.1. The summed E-state index contributed by atoms with van der Waals surface area (Å²) in [6.45, 7) is 4.45. The molecule has 0 amide bonds. The second-order valence-electron chi connectivity index (χ2n) is 5.23. The van der Waals surface area contributed by atoms with Crippen LogP contribution in [-0.2, 0) is 13.1 Å². The molecule has 0 bridgehead atoms. The zero-order chi connectivity index (χ0) is 13.8. The normalized spacial score (nSPS) is 15.7. The molecule has 0 unspecified atom stereocenters. The van der Waals surface area contributed by atoms with Crippen LogP contribution in [-0.4, -0.2) is 18.0 Å². The van der Waals surface area contributed by atoms with Crippen LogP contribution in [0.3, 0.4) is 0 Å². The summed E-state index contributed by atoms with van der Waals surface area (Å²) >= 11 is 5.29. The fraction of sp³-hybridized carbons (Fsp3) is 0.375. The number of nitrogens with one attached hydrogen (secondary N) is 1. The van der Waals surface area contributed by atoms with Gasteiger partial charge in [-0.1, -0.05) is 18.2 Å². The first-order valence-corrected chi connectivity index (χ1v) is 8.75. The standard InChI is InChI=1S/C16H19BrN2S/c17-14-9-15(20-12-14)10-18-16-6-2-1-5-13(16)11-19-7-3-4-8-19/h1-2,5-6,9,12,18H,3-4,7-8,10-11H2. The van der Waals surface area contributed by atoms with Crippen molar-refractivity contribution in [2.24, 2.45) is 0 Å². The van der Waals surface area contributed by atoms with Gasteiger partial charge < -0.3 is 5.32 Å². The van der Waals surface area contributed by atoms with Crippen molar-refractivity contribution < 1.29 is 0 Å². The number of rotatable bonds is 5. The molecule has 0 spiro atoms. The second kappa shape index (κ2) is 6.74. The van der Waals surface area contributed by atoms with Gasteiger partial charge in [0, 0.05) is 33.5 Å². The van der Waals surface area contributed by atoms with Crippen LogP contribution < -0.4 is 5.32 Å². The van der Waals surface area contributed by atoms with Gasteiger partial charge in [0.15, 0.2) is 0 Å². The molecule has 0 saturated carbocycles. The monoisotopic (exact) mass is 350 g/mol. The van der Waals surface area contributed by atoms with Crippen molar-refractivity contribution in [1.29, 1.82) is 0 Å². The Balaban J connectivity index is 1.65. The summed E-state index contributed by atoms with van der Waals surface area (Å²) < 4.78 is 1.17. The highest BCUT2D eigenvalue weighted by atomic mass is 79.9. The summed E-state index contributed by atoms with van der Waals surface area (Å²) in [5.74, 6) is 0. The quantitative estimate of drug-likeness (QED) is 0.839. The van der Waals surface area contributed by atoms with Crippen LogP contribution in [0.4, 0.5) is 5.69 Å². The molecule has 1 saturated heterocycles. The number of hydrogen-bond acceptors (Lipinski definition) is 3. The Hall–Kier alpha value is -0.840. The van der Waals surface area contributed by atoms with Crippen molar-refractivity contribution in [3.05, 3.63) is 50.6 Å². The molecule has 1 fully saturated rings. The Morgan fingerprint density at radius 3 is 2.75 bits per heavy atom.